The summed E-state index contributed by atoms with van der Waals surface area (Å²) in [4.78, 5) is 7.87. The number of aryl methyl sites for hydroxylation is 2. The van der Waals surface area contributed by atoms with Crippen molar-refractivity contribution < 1.29 is 0 Å². The van der Waals surface area contributed by atoms with Gasteiger partial charge < -0.3 is 4.98 Å². The molecule has 0 aliphatic carbocycles. The molecular formula is C10H18N2. The number of imidazole rings is 1. The summed E-state index contributed by atoms with van der Waals surface area (Å²) in [5.74, 6) is 1.70. The van der Waals surface area contributed by atoms with Gasteiger partial charge in [-0.2, -0.15) is 0 Å². The van der Waals surface area contributed by atoms with Crippen molar-refractivity contribution in [2.75, 3.05) is 0 Å². The molecule has 1 N–H and O–H groups in total. The fourth-order valence-electron chi connectivity index (χ4n) is 1.29. The normalized spacial score (nSPS) is 13.3. The van der Waals surface area contributed by atoms with Crippen molar-refractivity contribution >= 4 is 0 Å². The average molecular weight is 166 g/mol. The van der Waals surface area contributed by atoms with Crippen molar-refractivity contribution in [3.05, 3.63) is 17.2 Å². The lowest BCUT2D eigenvalue weighted by Crippen LogP contribution is -1.93. The van der Waals surface area contributed by atoms with Gasteiger partial charge in [0.2, 0.25) is 0 Å². The van der Waals surface area contributed by atoms with Crippen LogP contribution in [0.2, 0.25) is 0 Å². The number of nitrogens with zero attached hydrogens (tertiary/aromatic N) is 1. The first-order valence-electron chi connectivity index (χ1n) is 4.74. The Bertz CT molecular complexity index is 250. The maximum absolute atomic E-state index is 4.50. The van der Waals surface area contributed by atoms with E-state index < -0.39 is 0 Å². The number of nitrogens with one attached hydrogen (secondary N) is 1. The number of hydrogen-bond acceptors (Lipinski definition) is 1. The van der Waals surface area contributed by atoms with E-state index in [9.17, 15) is 0 Å². The lowest BCUT2D eigenvalue weighted by Gasteiger charge is -2.02. The van der Waals surface area contributed by atoms with Gasteiger partial charge in [-0.25, -0.2) is 4.98 Å². The minimum absolute atomic E-state index is 0.559. The van der Waals surface area contributed by atoms with Gasteiger partial charge in [0.25, 0.3) is 0 Å². The quantitative estimate of drug-likeness (QED) is 0.735. The van der Waals surface area contributed by atoms with Gasteiger partial charge in [0.15, 0.2) is 0 Å². The summed E-state index contributed by atoms with van der Waals surface area (Å²) in [7, 11) is 0. The molecule has 1 atom stereocenters. The van der Waals surface area contributed by atoms with Crippen LogP contribution in [0.4, 0.5) is 0 Å². The summed E-state index contributed by atoms with van der Waals surface area (Å²) in [5, 5.41) is 0. The van der Waals surface area contributed by atoms with E-state index in [-0.39, 0.29) is 0 Å². The van der Waals surface area contributed by atoms with Gasteiger partial charge in [0.05, 0.1) is 5.69 Å². The summed E-state index contributed by atoms with van der Waals surface area (Å²) in [6.45, 7) is 8.62. The van der Waals surface area contributed by atoms with Crippen LogP contribution in [0.3, 0.4) is 0 Å². The second-order valence-electron chi connectivity index (χ2n) is 3.35. The van der Waals surface area contributed by atoms with E-state index in [1.54, 1.807) is 0 Å². The minimum Gasteiger partial charge on any atom is -0.345 e. The Morgan fingerprint density at radius 1 is 1.42 bits per heavy atom. The fraction of sp³-hybridized carbons (Fsp3) is 0.700. The van der Waals surface area contributed by atoms with Crippen LogP contribution in [0.25, 0.3) is 0 Å². The zero-order valence-corrected chi connectivity index (χ0v) is 8.44. The highest BCUT2D eigenvalue weighted by Crippen LogP contribution is 2.17. The molecule has 0 aromatic carbocycles. The van der Waals surface area contributed by atoms with E-state index in [1.165, 1.54) is 5.69 Å². The second kappa shape index (κ2) is 3.74. The highest BCUT2D eigenvalue weighted by Gasteiger charge is 2.09. The monoisotopic (exact) mass is 166 g/mol. The van der Waals surface area contributed by atoms with E-state index in [2.05, 4.69) is 37.7 Å². The van der Waals surface area contributed by atoms with Gasteiger partial charge in [-0.3, -0.25) is 0 Å². The molecule has 0 fully saturated rings. The zero-order chi connectivity index (χ0) is 9.14. The number of hydrogen-bond donors (Lipinski definition) is 1. The molecule has 1 aromatic rings. The van der Waals surface area contributed by atoms with E-state index >= 15 is 0 Å². The maximum Gasteiger partial charge on any atom is 0.109 e. The molecule has 1 heterocycles. The van der Waals surface area contributed by atoms with E-state index in [0.29, 0.717) is 5.92 Å². The number of aromatic nitrogens is 2. The summed E-state index contributed by atoms with van der Waals surface area (Å²) in [6, 6.07) is 0. The van der Waals surface area contributed by atoms with Crippen LogP contribution in [0.15, 0.2) is 0 Å². The predicted molar refractivity (Wildman–Crippen MR) is 51.4 cm³/mol. The van der Waals surface area contributed by atoms with Crippen molar-refractivity contribution in [2.24, 2.45) is 0 Å². The van der Waals surface area contributed by atoms with Gasteiger partial charge in [-0.05, 0) is 19.8 Å². The Labute approximate surface area is 74.4 Å². The minimum atomic E-state index is 0.559. The van der Waals surface area contributed by atoms with Crippen molar-refractivity contribution in [3.8, 4) is 0 Å². The van der Waals surface area contributed by atoms with Gasteiger partial charge in [-0.15, -0.1) is 0 Å². The molecule has 0 aliphatic rings. The molecular weight excluding hydrogens is 148 g/mol. The smallest absolute Gasteiger partial charge is 0.109 e. The van der Waals surface area contributed by atoms with Crippen LogP contribution in [0, 0.1) is 6.92 Å². The maximum atomic E-state index is 4.50. The largest absolute Gasteiger partial charge is 0.345 e. The molecule has 2 nitrogen and oxygen atoms in total. The topological polar surface area (TPSA) is 28.7 Å². The molecule has 68 valence electrons. The molecule has 2 heteroatoms. The average Bonchev–Trinajstić information content (AvgIpc) is 2.45. The summed E-state index contributed by atoms with van der Waals surface area (Å²) < 4.78 is 0. The molecule has 0 aliphatic heterocycles. The van der Waals surface area contributed by atoms with E-state index in [1.807, 2.05) is 0 Å². The third kappa shape index (κ3) is 1.68. The van der Waals surface area contributed by atoms with E-state index in [4.69, 9.17) is 0 Å². The SMILES string of the molecule is CCc1[nH]c(C(C)CC)nc1C. The Hall–Kier alpha value is -0.790. The summed E-state index contributed by atoms with van der Waals surface area (Å²) in [6.07, 6.45) is 2.20. The summed E-state index contributed by atoms with van der Waals surface area (Å²) in [5.41, 5.74) is 2.44. The molecule has 1 aromatic heterocycles. The fourth-order valence-corrected chi connectivity index (χ4v) is 1.29. The summed E-state index contributed by atoms with van der Waals surface area (Å²) >= 11 is 0. The Balaban J connectivity index is 2.88. The predicted octanol–water partition coefficient (Wildman–Crippen LogP) is 2.79. The second-order valence-corrected chi connectivity index (χ2v) is 3.35. The van der Waals surface area contributed by atoms with Crippen molar-refractivity contribution in [1.29, 1.82) is 0 Å². The molecule has 1 rings (SSSR count). The standard InChI is InChI=1S/C10H18N2/c1-5-7(3)10-11-8(4)9(6-2)12-10/h7H,5-6H2,1-4H3,(H,11,12). The molecule has 0 saturated heterocycles. The highest BCUT2D eigenvalue weighted by atomic mass is 14.9. The van der Waals surface area contributed by atoms with Crippen LogP contribution < -0.4 is 0 Å². The van der Waals surface area contributed by atoms with Gasteiger partial charge in [0, 0.05) is 11.6 Å². The molecule has 1 unspecified atom stereocenters. The Kier molecular flexibility index (Phi) is 2.90. The van der Waals surface area contributed by atoms with Crippen LogP contribution in [-0.2, 0) is 6.42 Å². The molecule has 0 saturated carbocycles. The van der Waals surface area contributed by atoms with Crippen LogP contribution >= 0.6 is 0 Å². The van der Waals surface area contributed by atoms with Gasteiger partial charge in [-0.1, -0.05) is 20.8 Å². The third-order valence-corrected chi connectivity index (χ3v) is 2.44. The molecule has 0 amide bonds. The Morgan fingerprint density at radius 3 is 2.50 bits per heavy atom. The van der Waals surface area contributed by atoms with Crippen molar-refractivity contribution in [1.82, 2.24) is 9.97 Å². The molecule has 12 heavy (non-hydrogen) atoms. The van der Waals surface area contributed by atoms with Crippen LogP contribution in [-0.4, -0.2) is 9.97 Å². The van der Waals surface area contributed by atoms with Crippen LogP contribution in [0.5, 0.6) is 0 Å². The van der Waals surface area contributed by atoms with E-state index in [0.717, 1.165) is 24.4 Å². The third-order valence-electron chi connectivity index (χ3n) is 2.44. The lowest BCUT2D eigenvalue weighted by molar-refractivity contribution is 0.686. The molecule has 0 radical (unpaired) electrons. The van der Waals surface area contributed by atoms with Crippen molar-refractivity contribution in [3.63, 3.8) is 0 Å². The Morgan fingerprint density at radius 2 is 2.08 bits per heavy atom. The van der Waals surface area contributed by atoms with Crippen molar-refractivity contribution in [2.45, 2.75) is 46.5 Å². The number of aromatic amines is 1. The lowest BCUT2D eigenvalue weighted by atomic mass is 10.1. The van der Waals surface area contributed by atoms with Gasteiger partial charge in [0.1, 0.15) is 5.82 Å². The first kappa shape index (κ1) is 9.30. The van der Waals surface area contributed by atoms with Gasteiger partial charge >= 0.3 is 0 Å². The van der Waals surface area contributed by atoms with Crippen LogP contribution in [0.1, 0.15) is 50.3 Å². The first-order chi connectivity index (χ1) is 5.69. The first-order valence-corrected chi connectivity index (χ1v) is 4.74. The number of H-pyrrole nitrogens is 1. The molecule has 0 spiro atoms. The molecule has 0 bridgehead atoms. The zero-order valence-electron chi connectivity index (χ0n) is 8.44. The number of rotatable bonds is 3. The highest BCUT2D eigenvalue weighted by molar-refractivity contribution is 5.14.